The van der Waals surface area contributed by atoms with E-state index in [1.807, 2.05) is 24.8 Å². The number of carbonyl (C=O) groups excluding carboxylic acids is 1. The van der Waals surface area contributed by atoms with Gasteiger partial charge in [0.25, 0.3) is 11.6 Å². The molecule has 0 aliphatic carbocycles. The highest BCUT2D eigenvalue weighted by atomic mass is 16.6. The van der Waals surface area contributed by atoms with E-state index in [-0.39, 0.29) is 22.5 Å². The molecule has 0 saturated carbocycles. The summed E-state index contributed by atoms with van der Waals surface area (Å²) in [5, 5.41) is 11.2. The van der Waals surface area contributed by atoms with Crippen molar-refractivity contribution in [2.45, 2.75) is 64.5 Å². The lowest BCUT2D eigenvalue weighted by Gasteiger charge is -2.52. The summed E-state index contributed by atoms with van der Waals surface area (Å²) in [6.45, 7) is 13.1. The first kappa shape index (κ1) is 25.7. The van der Waals surface area contributed by atoms with Crippen molar-refractivity contribution in [3.8, 4) is 0 Å². The third-order valence-electron chi connectivity index (χ3n) is 8.50. The summed E-state index contributed by atoms with van der Waals surface area (Å²) in [5.74, 6) is -0.179. The predicted molar refractivity (Wildman–Crippen MR) is 154 cm³/mol. The number of nitro benzene ring substituents is 1. The van der Waals surface area contributed by atoms with E-state index in [0.29, 0.717) is 5.56 Å². The highest BCUT2D eigenvalue weighted by Crippen LogP contribution is 2.53. The molecule has 0 bridgehead atoms. The maximum absolute atomic E-state index is 14.0. The maximum Gasteiger partial charge on any atom is 0.269 e. The van der Waals surface area contributed by atoms with E-state index in [1.165, 1.54) is 28.9 Å². The largest absolute Gasteiger partial charge is 0.369 e. The first-order valence-electron chi connectivity index (χ1n) is 13.0. The van der Waals surface area contributed by atoms with Gasteiger partial charge in [0.05, 0.1) is 16.1 Å². The fourth-order valence-corrected chi connectivity index (χ4v) is 6.68. The van der Waals surface area contributed by atoms with Crippen LogP contribution in [0, 0.1) is 10.1 Å². The van der Waals surface area contributed by atoms with Gasteiger partial charge in [-0.1, -0.05) is 43.3 Å². The molecule has 0 fully saturated rings. The number of nitro groups is 1. The molecule has 0 aromatic heterocycles. The van der Waals surface area contributed by atoms with Crippen molar-refractivity contribution >= 4 is 28.5 Å². The Hall–Kier alpha value is -3.93. The average Bonchev–Trinajstić information content (AvgIpc) is 2.86. The van der Waals surface area contributed by atoms with Crippen molar-refractivity contribution in [3.05, 3.63) is 105 Å². The van der Waals surface area contributed by atoms with Crippen molar-refractivity contribution in [2.75, 3.05) is 16.8 Å². The van der Waals surface area contributed by atoms with Crippen LogP contribution in [0.15, 0.2) is 72.8 Å². The van der Waals surface area contributed by atoms with Gasteiger partial charge in [-0.05, 0) is 82.0 Å². The number of benzene rings is 3. The standard InChI is InChI=1S/C32H35N3O3/c1-21-19-30(2,3)34(29(36)22-15-17-23(18-16-22)35(37)38)27-14-10-12-25(28(21)27)32(6)20-31(4,5)33(7)26-13-9-8-11-24(26)32/h8-19H,20H2,1-7H3. The summed E-state index contributed by atoms with van der Waals surface area (Å²) in [4.78, 5) is 28.9. The number of non-ortho nitro benzene ring substituents is 1. The minimum absolute atomic E-state index is 0.0330. The molecule has 0 N–H and O–H groups in total. The van der Waals surface area contributed by atoms with Crippen LogP contribution in [0.5, 0.6) is 0 Å². The van der Waals surface area contributed by atoms with Crippen LogP contribution in [0.25, 0.3) is 5.57 Å². The zero-order valence-corrected chi connectivity index (χ0v) is 23.2. The summed E-state index contributed by atoms with van der Waals surface area (Å²) in [6, 6.07) is 20.8. The second-order valence-electron chi connectivity index (χ2n) is 12.0. The SMILES string of the molecule is CC1=CC(C)(C)N(C(=O)c2ccc([N+](=O)[O-])cc2)c2cccc(C3(C)CC(C)(C)N(C)c4ccccc43)c21. The van der Waals surface area contributed by atoms with E-state index in [9.17, 15) is 14.9 Å². The smallest absolute Gasteiger partial charge is 0.269 e. The van der Waals surface area contributed by atoms with Gasteiger partial charge in [-0.2, -0.15) is 0 Å². The summed E-state index contributed by atoms with van der Waals surface area (Å²) < 4.78 is 0. The fourth-order valence-electron chi connectivity index (χ4n) is 6.68. The molecule has 5 rings (SSSR count). The van der Waals surface area contributed by atoms with Crippen molar-refractivity contribution in [3.63, 3.8) is 0 Å². The zero-order chi connectivity index (χ0) is 27.6. The molecule has 0 saturated heterocycles. The maximum atomic E-state index is 14.0. The molecular weight excluding hydrogens is 474 g/mol. The number of hydrogen-bond donors (Lipinski definition) is 0. The van der Waals surface area contributed by atoms with Crippen LogP contribution in [0.4, 0.5) is 17.1 Å². The lowest BCUT2D eigenvalue weighted by molar-refractivity contribution is -0.384. The topological polar surface area (TPSA) is 66.7 Å². The van der Waals surface area contributed by atoms with Gasteiger partial charge in [-0.3, -0.25) is 19.8 Å². The summed E-state index contributed by atoms with van der Waals surface area (Å²) in [6.07, 6.45) is 3.08. The molecule has 6 heteroatoms. The third kappa shape index (κ3) is 3.82. The van der Waals surface area contributed by atoms with Gasteiger partial charge >= 0.3 is 0 Å². The first-order valence-corrected chi connectivity index (χ1v) is 13.0. The predicted octanol–water partition coefficient (Wildman–Crippen LogP) is 7.36. The summed E-state index contributed by atoms with van der Waals surface area (Å²) >= 11 is 0. The van der Waals surface area contributed by atoms with Crippen molar-refractivity contribution in [1.82, 2.24) is 0 Å². The van der Waals surface area contributed by atoms with E-state index in [0.717, 1.165) is 23.2 Å². The van der Waals surface area contributed by atoms with Gasteiger partial charge in [0, 0.05) is 46.9 Å². The Morgan fingerprint density at radius 3 is 2.13 bits per heavy atom. The van der Waals surface area contributed by atoms with Crippen molar-refractivity contribution < 1.29 is 9.72 Å². The minimum Gasteiger partial charge on any atom is -0.369 e. The number of amides is 1. The van der Waals surface area contributed by atoms with Crippen molar-refractivity contribution in [2.24, 2.45) is 0 Å². The fraction of sp³-hybridized carbons (Fsp3) is 0.344. The van der Waals surface area contributed by atoms with Crippen LogP contribution in [0.1, 0.15) is 75.0 Å². The molecule has 6 nitrogen and oxygen atoms in total. The van der Waals surface area contributed by atoms with E-state index >= 15 is 0 Å². The number of allylic oxidation sites excluding steroid dienone is 1. The number of anilines is 2. The zero-order valence-electron chi connectivity index (χ0n) is 23.2. The molecule has 2 heterocycles. The highest BCUT2D eigenvalue weighted by molar-refractivity contribution is 6.10. The Morgan fingerprint density at radius 1 is 0.868 bits per heavy atom. The van der Waals surface area contributed by atoms with E-state index in [1.54, 1.807) is 12.1 Å². The van der Waals surface area contributed by atoms with Gasteiger partial charge in [0.1, 0.15) is 0 Å². The number of fused-ring (bicyclic) bond motifs is 2. The molecule has 3 aromatic rings. The first-order chi connectivity index (χ1) is 17.8. The molecule has 2 aliphatic heterocycles. The van der Waals surface area contributed by atoms with Gasteiger partial charge in [0.15, 0.2) is 0 Å². The molecule has 38 heavy (non-hydrogen) atoms. The molecule has 1 unspecified atom stereocenters. The second-order valence-corrected chi connectivity index (χ2v) is 12.0. The van der Waals surface area contributed by atoms with E-state index in [2.05, 4.69) is 82.1 Å². The summed E-state index contributed by atoms with van der Waals surface area (Å²) in [5.41, 5.74) is 6.24. The Labute approximate surface area is 224 Å². The number of hydrogen-bond acceptors (Lipinski definition) is 4. The van der Waals surface area contributed by atoms with Crippen LogP contribution in [-0.2, 0) is 5.41 Å². The van der Waals surface area contributed by atoms with Crippen molar-refractivity contribution in [1.29, 1.82) is 0 Å². The molecule has 196 valence electrons. The Bertz CT molecular complexity index is 1490. The normalized spacial score (nSPS) is 21.3. The molecule has 1 amide bonds. The lowest BCUT2D eigenvalue weighted by Crippen LogP contribution is -2.52. The van der Waals surface area contributed by atoms with Crippen LogP contribution in [0.3, 0.4) is 0 Å². The monoisotopic (exact) mass is 509 g/mol. The molecule has 0 radical (unpaired) electrons. The Morgan fingerprint density at radius 2 is 1.47 bits per heavy atom. The van der Waals surface area contributed by atoms with Gasteiger partial charge in [0.2, 0.25) is 0 Å². The average molecular weight is 510 g/mol. The molecule has 1 atom stereocenters. The van der Waals surface area contributed by atoms with E-state index in [4.69, 9.17) is 0 Å². The Balaban J connectivity index is 1.71. The van der Waals surface area contributed by atoms with Crippen LogP contribution in [-0.4, -0.2) is 29.0 Å². The molecule has 3 aromatic carbocycles. The van der Waals surface area contributed by atoms with Crippen LogP contribution in [0.2, 0.25) is 0 Å². The van der Waals surface area contributed by atoms with Crippen LogP contribution < -0.4 is 9.80 Å². The highest BCUT2D eigenvalue weighted by Gasteiger charge is 2.47. The van der Waals surface area contributed by atoms with E-state index < -0.39 is 10.5 Å². The quantitative estimate of drug-likeness (QED) is 0.273. The van der Waals surface area contributed by atoms with Gasteiger partial charge in [-0.15, -0.1) is 0 Å². The minimum atomic E-state index is -0.584. The number of nitrogens with zero attached hydrogens (tertiary/aromatic N) is 3. The molecule has 2 aliphatic rings. The third-order valence-corrected chi connectivity index (χ3v) is 8.50. The number of carbonyl (C=O) groups is 1. The molecule has 0 spiro atoms. The Kier molecular flexibility index (Phi) is 5.78. The van der Waals surface area contributed by atoms with Crippen LogP contribution >= 0.6 is 0 Å². The molecular formula is C32H35N3O3. The number of rotatable bonds is 3. The van der Waals surface area contributed by atoms with Gasteiger partial charge in [-0.25, -0.2) is 0 Å². The number of para-hydroxylation sites is 1. The second kappa shape index (κ2) is 8.55. The van der Waals surface area contributed by atoms with Gasteiger partial charge < -0.3 is 4.90 Å². The summed E-state index contributed by atoms with van der Waals surface area (Å²) in [7, 11) is 2.16. The lowest BCUT2D eigenvalue weighted by atomic mass is 9.63.